The summed E-state index contributed by atoms with van der Waals surface area (Å²) in [4.78, 5) is -0.428. The summed E-state index contributed by atoms with van der Waals surface area (Å²) in [5.74, 6) is -3.44. The largest absolute Gasteiger partial charge is 0.391 e. The number of aliphatic hydroxyl groups is 1. The van der Waals surface area contributed by atoms with Gasteiger partial charge in [0.25, 0.3) is 0 Å². The van der Waals surface area contributed by atoms with Crippen molar-refractivity contribution in [1.82, 2.24) is 0 Å². The minimum Gasteiger partial charge on any atom is -0.391 e. The first-order chi connectivity index (χ1) is 10.9. The highest BCUT2D eigenvalue weighted by atomic mass is 32.2. The first-order valence-electron chi connectivity index (χ1n) is 6.97. The smallest absolute Gasteiger partial charge is 0.341 e. The molecule has 2 aromatic carbocycles. The number of rotatable bonds is 7. The van der Waals surface area contributed by atoms with Crippen LogP contribution in [-0.4, -0.2) is 31.9 Å². The summed E-state index contributed by atoms with van der Waals surface area (Å²) in [5, 5.41) is 12.9. The van der Waals surface area contributed by atoms with Crippen LogP contribution in [0, 0.1) is 0 Å². The van der Waals surface area contributed by atoms with Gasteiger partial charge >= 0.3 is 5.76 Å². The Morgan fingerprint density at radius 3 is 2.17 bits per heavy atom. The molecular formula is C16H17F2NO3S. The number of nitrogens with one attached hydrogen (secondary N) is 1. The predicted molar refractivity (Wildman–Crippen MR) is 84.3 cm³/mol. The summed E-state index contributed by atoms with van der Waals surface area (Å²) >= 11 is 0. The van der Waals surface area contributed by atoms with Crippen molar-refractivity contribution in [2.45, 2.75) is 23.2 Å². The molecule has 2 N–H and O–H groups in total. The van der Waals surface area contributed by atoms with E-state index in [-0.39, 0.29) is 6.54 Å². The molecule has 0 aromatic heterocycles. The Hall–Kier alpha value is -1.99. The quantitative estimate of drug-likeness (QED) is 0.813. The average molecular weight is 341 g/mol. The van der Waals surface area contributed by atoms with E-state index in [1.165, 1.54) is 12.1 Å². The Bertz CT molecular complexity index is 719. The molecule has 0 aliphatic heterocycles. The molecule has 4 nitrogen and oxygen atoms in total. The number of sulfone groups is 1. The van der Waals surface area contributed by atoms with Crippen molar-refractivity contribution in [1.29, 1.82) is 0 Å². The monoisotopic (exact) mass is 341 g/mol. The summed E-state index contributed by atoms with van der Waals surface area (Å²) < 4.78 is 47.5. The first-order valence-corrected chi connectivity index (χ1v) is 8.52. The summed E-state index contributed by atoms with van der Waals surface area (Å²) in [6, 6.07) is 14.5. The highest BCUT2D eigenvalue weighted by molar-refractivity contribution is 7.91. The predicted octanol–water partition coefficient (Wildman–Crippen LogP) is 2.70. The lowest BCUT2D eigenvalue weighted by molar-refractivity contribution is 0.188. The molecule has 2 rings (SSSR count). The first kappa shape index (κ1) is 17.4. The molecule has 1 atom stereocenters. The minimum atomic E-state index is -4.58. The van der Waals surface area contributed by atoms with Gasteiger partial charge in [0.15, 0.2) is 0 Å². The maximum Gasteiger partial charge on any atom is 0.341 e. The molecule has 0 aliphatic rings. The van der Waals surface area contributed by atoms with Crippen LogP contribution < -0.4 is 5.32 Å². The van der Waals surface area contributed by atoms with Crippen LogP contribution in [0.5, 0.6) is 0 Å². The van der Waals surface area contributed by atoms with E-state index in [0.717, 1.165) is 17.7 Å². The molecule has 0 radical (unpaired) electrons. The van der Waals surface area contributed by atoms with Crippen LogP contribution in [-0.2, 0) is 16.3 Å². The lowest BCUT2D eigenvalue weighted by atomic mass is 10.1. The van der Waals surface area contributed by atoms with Gasteiger partial charge in [-0.3, -0.25) is 0 Å². The summed E-state index contributed by atoms with van der Waals surface area (Å²) in [7, 11) is -4.58. The van der Waals surface area contributed by atoms with Crippen LogP contribution in [0.25, 0.3) is 0 Å². The van der Waals surface area contributed by atoms with Crippen LogP contribution in [0.1, 0.15) is 5.56 Å². The molecule has 7 heteroatoms. The molecular weight excluding hydrogens is 324 g/mol. The third kappa shape index (κ3) is 4.74. The van der Waals surface area contributed by atoms with Crippen molar-refractivity contribution >= 4 is 15.5 Å². The molecule has 23 heavy (non-hydrogen) atoms. The number of alkyl halides is 2. The van der Waals surface area contributed by atoms with E-state index in [0.29, 0.717) is 12.1 Å². The maximum atomic E-state index is 12.4. The standard InChI is InChI=1S/C16H17F2NO3S/c17-16(18)23(21,22)15-8-6-13(7-9-15)19-11-14(20)10-12-4-2-1-3-5-12/h1-9,14,16,19-20H,10-11H2. The molecule has 0 heterocycles. The minimum absolute atomic E-state index is 0.260. The van der Waals surface area contributed by atoms with E-state index in [1.54, 1.807) is 0 Å². The zero-order chi connectivity index (χ0) is 16.9. The highest BCUT2D eigenvalue weighted by Crippen LogP contribution is 2.20. The van der Waals surface area contributed by atoms with Gasteiger partial charge in [-0.2, -0.15) is 8.78 Å². The maximum absolute atomic E-state index is 12.4. The number of hydrogen-bond donors (Lipinski definition) is 2. The third-order valence-electron chi connectivity index (χ3n) is 3.27. The van der Waals surface area contributed by atoms with Crippen LogP contribution in [0.15, 0.2) is 59.5 Å². The zero-order valence-electron chi connectivity index (χ0n) is 12.2. The fourth-order valence-corrected chi connectivity index (χ4v) is 2.78. The second-order valence-corrected chi connectivity index (χ2v) is 6.97. The van der Waals surface area contributed by atoms with Crippen LogP contribution in [0.3, 0.4) is 0 Å². The zero-order valence-corrected chi connectivity index (χ0v) is 13.0. The van der Waals surface area contributed by atoms with Crippen LogP contribution in [0.4, 0.5) is 14.5 Å². The average Bonchev–Trinajstić information content (AvgIpc) is 2.54. The van der Waals surface area contributed by atoms with Crippen LogP contribution >= 0.6 is 0 Å². The van der Waals surface area contributed by atoms with E-state index in [4.69, 9.17) is 0 Å². The van der Waals surface area contributed by atoms with Gasteiger partial charge in [0.1, 0.15) is 0 Å². The molecule has 2 aromatic rings. The summed E-state index contributed by atoms with van der Waals surface area (Å²) in [5.41, 5.74) is 1.55. The fourth-order valence-electron chi connectivity index (χ4n) is 2.06. The van der Waals surface area contributed by atoms with Gasteiger partial charge in [0.05, 0.1) is 11.0 Å². The lowest BCUT2D eigenvalue weighted by Gasteiger charge is -2.13. The van der Waals surface area contributed by atoms with Gasteiger partial charge in [-0.15, -0.1) is 0 Å². The highest BCUT2D eigenvalue weighted by Gasteiger charge is 2.26. The lowest BCUT2D eigenvalue weighted by Crippen LogP contribution is -2.21. The van der Waals surface area contributed by atoms with Crippen LogP contribution in [0.2, 0.25) is 0 Å². The number of anilines is 1. The van der Waals surface area contributed by atoms with E-state index in [9.17, 15) is 22.3 Å². The normalized spacial score (nSPS) is 13.0. The second-order valence-electron chi connectivity index (χ2n) is 5.05. The van der Waals surface area contributed by atoms with E-state index in [1.807, 2.05) is 30.3 Å². The Morgan fingerprint density at radius 2 is 1.61 bits per heavy atom. The second kappa shape index (κ2) is 7.52. The Balaban J connectivity index is 1.91. The van der Waals surface area contributed by atoms with Crippen molar-refractivity contribution in [2.24, 2.45) is 0 Å². The van der Waals surface area contributed by atoms with Crippen molar-refractivity contribution in [3.8, 4) is 0 Å². The topological polar surface area (TPSA) is 66.4 Å². The number of halogens is 2. The van der Waals surface area contributed by atoms with Gasteiger partial charge in [0.2, 0.25) is 9.84 Å². The molecule has 0 spiro atoms. The molecule has 0 saturated heterocycles. The van der Waals surface area contributed by atoms with Crippen molar-refractivity contribution in [3.63, 3.8) is 0 Å². The third-order valence-corrected chi connectivity index (χ3v) is 4.67. The molecule has 0 aliphatic carbocycles. The molecule has 0 amide bonds. The van der Waals surface area contributed by atoms with Gasteiger partial charge in [-0.05, 0) is 29.8 Å². The fraction of sp³-hybridized carbons (Fsp3) is 0.250. The Labute approximate surface area is 133 Å². The van der Waals surface area contributed by atoms with Gasteiger partial charge in [0, 0.05) is 18.7 Å². The van der Waals surface area contributed by atoms with E-state index >= 15 is 0 Å². The summed E-state index contributed by atoms with van der Waals surface area (Å²) in [6.45, 7) is 0.260. The number of aliphatic hydroxyl groups excluding tert-OH is 1. The van der Waals surface area contributed by atoms with E-state index in [2.05, 4.69) is 5.32 Å². The number of hydrogen-bond acceptors (Lipinski definition) is 4. The molecule has 1 unspecified atom stereocenters. The summed E-state index contributed by atoms with van der Waals surface area (Å²) in [6.07, 6.45) is -0.145. The van der Waals surface area contributed by atoms with E-state index < -0.39 is 26.6 Å². The Kier molecular flexibility index (Phi) is 5.68. The number of benzene rings is 2. The van der Waals surface area contributed by atoms with Gasteiger partial charge in [-0.1, -0.05) is 30.3 Å². The Morgan fingerprint density at radius 1 is 1.00 bits per heavy atom. The SMILES string of the molecule is O=S(=O)(c1ccc(NCC(O)Cc2ccccc2)cc1)C(F)F. The molecule has 0 saturated carbocycles. The van der Waals surface area contributed by atoms with Gasteiger partial charge < -0.3 is 10.4 Å². The van der Waals surface area contributed by atoms with Crippen molar-refractivity contribution in [2.75, 3.05) is 11.9 Å². The van der Waals surface area contributed by atoms with Crippen molar-refractivity contribution < 1.29 is 22.3 Å². The molecule has 0 fully saturated rings. The van der Waals surface area contributed by atoms with Gasteiger partial charge in [-0.25, -0.2) is 8.42 Å². The molecule has 124 valence electrons. The molecule has 0 bridgehead atoms. The van der Waals surface area contributed by atoms with Crippen molar-refractivity contribution in [3.05, 3.63) is 60.2 Å².